The van der Waals surface area contributed by atoms with E-state index in [0.717, 1.165) is 24.1 Å². The Labute approximate surface area is 165 Å². The molecule has 0 fully saturated rings. The standard InChI is InChI=1S/C22H27NO5/c1-12(2)28-22(25)19-13(3)23-16-7-6-8-17(24)21(16)20(19)15-10-9-14(26-4)11-18(15)27-5/h9-12,20,23H,6-8H2,1-5H3. The number of dihydropyridines is 1. The molecule has 1 aromatic carbocycles. The van der Waals surface area contributed by atoms with E-state index in [2.05, 4.69) is 5.32 Å². The van der Waals surface area contributed by atoms with E-state index < -0.39 is 11.9 Å². The van der Waals surface area contributed by atoms with Crippen LogP contribution in [0, 0.1) is 0 Å². The molecule has 1 heterocycles. The number of Topliss-reactive ketones (excluding diaryl/α,β-unsaturated/α-hetero) is 1. The topological polar surface area (TPSA) is 73.9 Å². The van der Waals surface area contributed by atoms with Crippen LogP contribution in [-0.2, 0) is 14.3 Å². The zero-order valence-electron chi connectivity index (χ0n) is 17.0. The molecule has 1 aliphatic carbocycles. The third kappa shape index (κ3) is 3.63. The summed E-state index contributed by atoms with van der Waals surface area (Å²) in [6.07, 6.45) is 1.79. The Morgan fingerprint density at radius 2 is 1.93 bits per heavy atom. The number of rotatable bonds is 5. The summed E-state index contributed by atoms with van der Waals surface area (Å²) in [4.78, 5) is 25.9. The SMILES string of the molecule is COc1ccc(C2C(C(=O)OC(C)C)=C(C)NC3=C2C(=O)CCC3)c(OC)c1. The van der Waals surface area contributed by atoms with Gasteiger partial charge in [0.1, 0.15) is 11.5 Å². The smallest absolute Gasteiger partial charge is 0.337 e. The van der Waals surface area contributed by atoms with Crippen LogP contribution in [0.3, 0.4) is 0 Å². The van der Waals surface area contributed by atoms with Crippen LogP contribution >= 0.6 is 0 Å². The lowest BCUT2D eigenvalue weighted by Gasteiger charge is -2.35. The highest BCUT2D eigenvalue weighted by atomic mass is 16.5. The second kappa shape index (κ2) is 8.09. The van der Waals surface area contributed by atoms with Gasteiger partial charge >= 0.3 is 5.97 Å². The summed E-state index contributed by atoms with van der Waals surface area (Å²) in [5.74, 6) is 0.313. The Kier molecular flexibility index (Phi) is 5.77. The van der Waals surface area contributed by atoms with Gasteiger partial charge in [0, 0.05) is 35.0 Å². The van der Waals surface area contributed by atoms with Gasteiger partial charge in [-0.3, -0.25) is 4.79 Å². The maximum atomic E-state index is 13.0. The van der Waals surface area contributed by atoms with Crippen LogP contribution in [0.25, 0.3) is 0 Å². The molecule has 1 aliphatic heterocycles. The lowest BCUT2D eigenvalue weighted by Crippen LogP contribution is -2.35. The molecule has 1 aromatic rings. The molecule has 0 bridgehead atoms. The maximum absolute atomic E-state index is 13.0. The number of methoxy groups -OCH3 is 2. The fraction of sp³-hybridized carbons (Fsp3) is 0.455. The molecule has 0 radical (unpaired) electrons. The van der Waals surface area contributed by atoms with E-state index in [0.29, 0.717) is 34.8 Å². The van der Waals surface area contributed by atoms with Gasteiger partial charge in [0.25, 0.3) is 0 Å². The molecule has 3 rings (SSSR count). The highest BCUT2D eigenvalue weighted by Gasteiger charge is 2.40. The third-order valence-corrected chi connectivity index (χ3v) is 5.09. The molecule has 6 nitrogen and oxygen atoms in total. The zero-order chi connectivity index (χ0) is 20.4. The summed E-state index contributed by atoms with van der Waals surface area (Å²) in [6.45, 7) is 5.47. The summed E-state index contributed by atoms with van der Waals surface area (Å²) in [5, 5.41) is 3.28. The fourth-order valence-electron chi connectivity index (χ4n) is 3.90. The summed E-state index contributed by atoms with van der Waals surface area (Å²) in [5.41, 5.74) is 3.43. The van der Waals surface area contributed by atoms with E-state index in [4.69, 9.17) is 14.2 Å². The lowest BCUT2D eigenvalue weighted by atomic mass is 9.75. The average Bonchev–Trinajstić information content (AvgIpc) is 2.65. The first-order valence-corrected chi connectivity index (χ1v) is 9.54. The van der Waals surface area contributed by atoms with E-state index in [1.165, 1.54) is 0 Å². The molecule has 0 saturated carbocycles. The molecule has 0 aromatic heterocycles. The monoisotopic (exact) mass is 385 g/mol. The van der Waals surface area contributed by atoms with E-state index in [9.17, 15) is 9.59 Å². The number of hydrogen-bond donors (Lipinski definition) is 1. The van der Waals surface area contributed by atoms with Gasteiger partial charge in [-0.25, -0.2) is 4.79 Å². The molecule has 0 amide bonds. The molecule has 0 spiro atoms. The number of carbonyl (C=O) groups excluding carboxylic acids is 2. The van der Waals surface area contributed by atoms with E-state index >= 15 is 0 Å². The van der Waals surface area contributed by atoms with Crippen molar-refractivity contribution in [3.05, 3.63) is 46.3 Å². The Balaban J connectivity index is 2.20. The summed E-state index contributed by atoms with van der Waals surface area (Å²) in [6, 6.07) is 5.44. The first-order valence-electron chi connectivity index (χ1n) is 9.54. The molecule has 2 aliphatic rings. The Hall–Kier alpha value is -2.76. The molecule has 28 heavy (non-hydrogen) atoms. The second-order valence-electron chi connectivity index (χ2n) is 7.33. The quantitative estimate of drug-likeness (QED) is 0.781. The van der Waals surface area contributed by atoms with Crippen LogP contribution in [-0.4, -0.2) is 32.1 Å². The number of nitrogens with one attached hydrogen (secondary N) is 1. The number of esters is 1. The Morgan fingerprint density at radius 3 is 2.57 bits per heavy atom. The van der Waals surface area contributed by atoms with Crippen LogP contribution < -0.4 is 14.8 Å². The van der Waals surface area contributed by atoms with E-state index in [1.807, 2.05) is 32.9 Å². The lowest BCUT2D eigenvalue weighted by molar-refractivity contribution is -0.143. The van der Waals surface area contributed by atoms with Gasteiger partial charge in [0.05, 0.1) is 31.8 Å². The number of allylic oxidation sites excluding steroid dienone is 3. The first kappa shape index (κ1) is 20.0. The highest BCUT2D eigenvalue weighted by Crippen LogP contribution is 2.46. The minimum absolute atomic E-state index is 0.0546. The minimum Gasteiger partial charge on any atom is -0.497 e. The van der Waals surface area contributed by atoms with Gasteiger partial charge in [0.15, 0.2) is 5.78 Å². The van der Waals surface area contributed by atoms with Crippen molar-refractivity contribution in [2.75, 3.05) is 14.2 Å². The normalized spacial score (nSPS) is 19.4. The second-order valence-corrected chi connectivity index (χ2v) is 7.33. The summed E-state index contributed by atoms with van der Waals surface area (Å²) in [7, 11) is 3.15. The van der Waals surface area contributed by atoms with E-state index in [-0.39, 0.29) is 11.9 Å². The third-order valence-electron chi connectivity index (χ3n) is 5.09. The van der Waals surface area contributed by atoms with Crippen molar-refractivity contribution < 1.29 is 23.8 Å². The van der Waals surface area contributed by atoms with Crippen LogP contribution in [0.5, 0.6) is 11.5 Å². The average molecular weight is 385 g/mol. The van der Waals surface area contributed by atoms with Gasteiger partial charge < -0.3 is 19.5 Å². The summed E-state index contributed by atoms with van der Waals surface area (Å²) < 4.78 is 16.4. The molecule has 0 saturated heterocycles. The van der Waals surface area contributed by atoms with Gasteiger partial charge in [0.2, 0.25) is 0 Å². The van der Waals surface area contributed by atoms with Crippen LogP contribution in [0.4, 0.5) is 0 Å². The van der Waals surface area contributed by atoms with Crippen molar-refractivity contribution in [2.45, 2.75) is 52.1 Å². The molecular weight excluding hydrogens is 358 g/mol. The predicted molar refractivity (Wildman–Crippen MR) is 105 cm³/mol. The summed E-state index contributed by atoms with van der Waals surface area (Å²) >= 11 is 0. The van der Waals surface area contributed by atoms with E-state index in [1.54, 1.807) is 20.3 Å². The molecule has 6 heteroatoms. The molecule has 1 N–H and O–H groups in total. The molecule has 150 valence electrons. The number of ketones is 1. The van der Waals surface area contributed by atoms with Crippen LogP contribution in [0.15, 0.2) is 40.7 Å². The molecule has 1 unspecified atom stereocenters. The molecule has 1 atom stereocenters. The Bertz CT molecular complexity index is 866. The van der Waals surface area contributed by atoms with Crippen LogP contribution in [0.1, 0.15) is 51.5 Å². The zero-order valence-corrected chi connectivity index (χ0v) is 17.0. The predicted octanol–water partition coefficient (Wildman–Crippen LogP) is 3.62. The van der Waals surface area contributed by atoms with Crippen molar-refractivity contribution >= 4 is 11.8 Å². The highest BCUT2D eigenvalue weighted by molar-refractivity contribution is 6.04. The number of carbonyl (C=O) groups is 2. The van der Waals surface area contributed by atoms with Crippen molar-refractivity contribution in [3.8, 4) is 11.5 Å². The van der Waals surface area contributed by atoms with Gasteiger partial charge in [-0.05, 0) is 39.7 Å². The maximum Gasteiger partial charge on any atom is 0.337 e. The van der Waals surface area contributed by atoms with Crippen molar-refractivity contribution in [1.82, 2.24) is 5.32 Å². The number of hydrogen-bond acceptors (Lipinski definition) is 6. The first-order chi connectivity index (χ1) is 13.4. The molecular formula is C22H27NO5. The van der Waals surface area contributed by atoms with Gasteiger partial charge in [-0.2, -0.15) is 0 Å². The van der Waals surface area contributed by atoms with Gasteiger partial charge in [-0.1, -0.05) is 6.07 Å². The van der Waals surface area contributed by atoms with Crippen LogP contribution in [0.2, 0.25) is 0 Å². The van der Waals surface area contributed by atoms with Crippen molar-refractivity contribution in [1.29, 1.82) is 0 Å². The fourth-order valence-corrected chi connectivity index (χ4v) is 3.90. The van der Waals surface area contributed by atoms with Crippen molar-refractivity contribution in [2.24, 2.45) is 0 Å². The minimum atomic E-state index is -0.531. The largest absolute Gasteiger partial charge is 0.497 e. The van der Waals surface area contributed by atoms with Gasteiger partial charge in [-0.15, -0.1) is 0 Å². The Morgan fingerprint density at radius 1 is 1.18 bits per heavy atom. The number of benzene rings is 1. The van der Waals surface area contributed by atoms with Crippen molar-refractivity contribution in [3.63, 3.8) is 0 Å². The number of ether oxygens (including phenoxy) is 3.